The van der Waals surface area contributed by atoms with Crippen LogP contribution in [0, 0.1) is 11.6 Å². The second-order valence-electron chi connectivity index (χ2n) is 7.03. The lowest BCUT2D eigenvalue weighted by molar-refractivity contribution is 0.0612. The zero-order valence-corrected chi connectivity index (χ0v) is 15.9. The fourth-order valence-electron chi connectivity index (χ4n) is 3.78. The lowest BCUT2D eigenvalue weighted by atomic mass is 10.0. The molecule has 4 nitrogen and oxygen atoms in total. The molecule has 2 aliphatic rings. The highest BCUT2D eigenvalue weighted by Gasteiger charge is 2.27. The summed E-state index contributed by atoms with van der Waals surface area (Å²) >= 11 is 0. The van der Waals surface area contributed by atoms with Crippen molar-refractivity contribution in [2.24, 2.45) is 0 Å². The van der Waals surface area contributed by atoms with Crippen molar-refractivity contribution in [3.63, 3.8) is 0 Å². The summed E-state index contributed by atoms with van der Waals surface area (Å²) in [4.78, 5) is 17.2. The maximum absolute atomic E-state index is 13.6. The SMILES string of the molecule is Cl.O=C(c1ccc(F)c(F)c1)N(CCN1CCCCC1)C1CCCNC1. The van der Waals surface area contributed by atoms with E-state index in [4.69, 9.17) is 0 Å². The summed E-state index contributed by atoms with van der Waals surface area (Å²) in [7, 11) is 0. The molecule has 2 heterocycles. The van der Waals surface area contributed by atoms with Gasteiger partial charge < -0.3 is 15.1 Å². The van der Waals surface area contributed by atoms with E-state index in [1.807, 2.05) is 4.90 Å². The van der Waals surface area contributed by atoms with Crippen molar-refractivity contribution in [2.45, 2.75) is 38.1 Å². The highest BCUT2D eigenvalue weighted by atomic mass is 35.5. The first kappa shape index (κ1) is 21.1. The molecule has 1 atom stereocenters. The zero-order chi connectivity index (χ0) is 17.6. The number of benzene rings is 1. The van der Waals surface area contributed by atoms with Crippen LogP contribution in [0.4, 0.5) is 8.78 Å². The average Bonchev–Trinajstić information content (AvgIpc) is 2.66. The van der Waals surface area contributed by atoms with Crippen molar-refractivity contribution in [2.75, 3.05) is 39.3 Å². The molecule has 0 saturated carbocycles. The highest BCUT2D eigenvalue weighted by molar-refractivity contribution is 5.94. The van der Waals surface area contributed by atoms with Crippen molar-refractivity contribution in [3.8, 4) is 0 Å². The highest BCUT2D eigenvalue weighted by Crippen LogP contribution is 2.17. The van der Waals surface area contributed by atoms with E-state index in [0.29, 0.717) is 6.54 Å². The Bertz CT molecular complexity index is 590. The fourth-order valence-corrected chi connectivity index (χ4v) is 3.78. The molecule has 0 aliphatic carbocycles. The summed E-state index contributed by atoms with van der Waals surface area (Å²) in [6.45, 7) is 5.35. The maximum atomic E-state index is 13.6. The summed E-state index contributed by atoms with van der Waals surface area (Å²) in [6, 6.07) is 3.54. The summed E-state index contributed by atoms with van der Waals surface area (Å²) in [5.74, 6) is -2.09. The van der Waals surface area contributed by atoms with Crippen LogP contribution >= 0.6 is 12.4 Å². The van der Waals surface area contributed by atoms with Gasteiger partial charge in [0.2, 0.25) is 0 Å². The monoisotopic (exact) mass is 387 g/mol. The van der Waals surface area contributed by atoms with E-state index in [0.717, 1.165) is 57.7 Å². The van der Waals surface area contributed by atoms with Crippen LogP contribution in [0.5, 0.6) is 0 Å². The molecule has 7 heteroatoms. The number of carbonyl (C=O) groups is 1. The van der Waals surface area contributed by atoms with Gasteiger partial charge >= 0.3 is 0 Å². The molecule has 146 valence electrons. The Labute approximate surface area is 160 Å². The third-order valence-electron chi connectivity index (χ3n) is 5.24. The van der Waals surface area contributed by atoms with Crippen molar-refractivity contribution in [1.29, 1.82) is 0 Å². The molecule has 0 bridgehead atoms. The number of halogens is 3. The van der Waals surface area contributed by atoms with E-state index in [2.05, 4.69) is 10.2 Å². The van der Waals surface area contributed by atoms with Gasteiger partial charge in [0, 0.05) is 31.2 Å². The number of amides is 1. The molecule has 1 amide bonds. The Morgan fingerprint density at radius 2 is 1.92 bits per heavy atom. The minimum Gasteiger partial charge on any atom is -0.333 e. The van der Waals surface area contributed by atoms with Gasteiger partial charge in [-0.15, -0.1) is 12.4 Å². The van der Waals surface area contributed by atoms with Gasteiger partial charge in [-0.05, 0) is 63.5 Å². The first-order chi connectivity index (χ1) is 12.1. The number of nitrogens with zero attached hydrogens (tertiary/aromatic N) is 2. The van der Waals surface area contributed by atoms with Gasteiger partial charge in [-0.1, -0.05) is 6.42 Å². The minimum absolute atomic E-state index is 0. The molecule has 26 heavy (non-hydrogen) atoms. The van der Waals surface area contributed by atoms with Crippen LogP contribution in [-0.2, 0) is 0 Å². The fraction of sp³-hybridized carbons (Fsp3) is 0.632. The van der Waals surface area contributed by atoms with Gasteiger partial charge in [-0.25, -0.2) is 8.78 Å². The van der Waals surface area contributed by atoms with Gasteiger partial charge in [-0.3, -0.25) is 4.79 Å². The third kappa shape index (κ3) is 5.38. The Hall–Kier alpha value is -1.24. The lowest BCUT2D eigenvalue weighted by Crippen LogP contribution is -2.51. The van der Waals surface area contributed by atoms with E-state index in [1.54, 1.807) is 0 Å². The van der Waals surface area contributed by atoms with Crippen molar-refractivity contribution < 1.29 is 13.6 Å². The molecule has 2 saturated heterocycles. The standard InChI is InChI=1S/C19H27F2N3O.ClH/c20-17-7-6-15(13-18(17)21)19(25)24(16-5-4-8-22-14-16)12-11-23-9-2-1-3-10-23;/h6-7,13,16,22H,1-5,8-12,14H2;1H. The van der Waals surface area contributed by atoms with Crippen LogP contribution in [0.15, 0.2) is 18.2 Å². The Balaban J connectivity index is 0.00000243. The van der Waals surface area contributed by atoms with E-state index in [1.165, 1.54) is 25.3 Å². The molecule has 2 aliphatic heterocycles. The van der Waals surface area contributed by atoms with Crippen LogP contribution in [0.25, 0.3) is 0 Å². The lowest BCUT2D eigenvalue weighted by Gasteiger charge is -2.37. The molecule has 1 unspecified atom stereocenters. The van der Waals surface area contributed by atoms with Crippen LogP contribution in [0.2, 0.25) is 0 Å². The summed E-state index contributed by atoms with van der Waals surface area (Å²) < 4.78 is 26.7. The van der Waals surface area contributed by atoms with Gasteiger partial charge in [0.15, 0.2) is 11.6 Å². The quantitative estimate of drug-likeness (QED) is 0.843. The van der Waals surface area contributed by atoms with Gasteiger partial charge in [0.25, 0.3) is 5.91 Å². The predicted molar refractivity (Wildman–Crippen MR) is 101 cm³/mol. The van der Waals surface area contributed by atoms with Crippen molar-refractivity contribution in [3.05, 3.63) is 35.4 Å². The molecular weight excluding hydrogens is 360 g/mol. The summed E-state index contributed by atoms with van der Waals surface area (Å²) in [5, 5.41) is 3.34. The van der Waals surface area contributed by atoms with E-state index in [-0.39, 0.29) is 29.9 Å². The van der Waals surface area contributed by atoms with Crippen molar-refractivity contribution in [1.82, 2.24) is 15.1 Å². The molecule has 2 fully saturated rings. The Kier molecular flexibility index (Phi) is 8.25. The van der Waals surface area contributed by atoms with E-state index < -0.39 is 11.6 Å². The molecular formula is C19H28ClF2N3O. The van der Waals surface area contributed by atoms with E-state index in [9.17, 15) is 13.6 Å². The maximum Gasteiger partial charge on any atom is 0.254 e. The average molecular weight is 388 g/mol. The second kappa shape index (κ2) is 10.2. The van der Waals surface area contributed by atoms with Gasteiger partial charge in [0.05, 0.1) is 0 Å². The Morgan fingerprint density at radius 1 is 1.15 bits per heavy atom. The first-order valence-electron chi connectivity index (χ1n) is 9.34. The third-order valence-corrected chi connectivity index (χ3v) is 5.24. The normalized spacial score (nSPS) is 21.1. The summed E-state index contributed by atoms with van der Waals surface area (Å²) in [5.41, 5.74) is 0.225. The molecule has 1 aromatic rings. The first-order valence-corrected chi connectivity index (χ1v) is 9.34. The topological polar surface area (TPSA) is 35.6 Å². The number of nitrogens with one attached hydrogen (secondary N) is 1. The van der Waals surface area contributed by atoms with Crippen LogP contribution in [0.1, 0.15) is 42.5 Å². The summed E-state index contributed by atoms with van der Waals surface area (Å²) in [6.07, 6.45) is 5.67. The largest absolute Gasteiger partial charge is 0.333 e. The zero-order valence-electron chi connectivity index (χ0n) is 15.1. The number of hydrogen-bond acceptors (Lipinski definition) is 3. The van der Waals surface area contributed by atoms with Gasteiger partial charge in [-0.2, -0.15) is 0 Å². The molecule has 0 spiro atoms. The Morgan fingerprint density at radius 3 is 2.58 bits per heavy atom. The number of likely N-dealkylation sites (tertiary alicyclic amines) is 1. The molecule has 1 aromatic carbocycles. The molecule has 0 aromatic heterocycles. The molecule has 0 radical (unpaired) electrons. The second-order valence-corrected chi connectivity index (χ2v) is 7.03. The van der Waals surface area contributed by atoms with Gasteiger partial charge in [0.1, 0.15) is 0 Å². The van der Waals surface area contributed by atoms with Crippen LogP contribution in [-0.4, -0.2) is 61.0 Å². The van der Waals surface area contributed by atoms with Crippen molar-refractivity contribution >= 4 is 18.3 Å². The molecule has 1 N–H and O–H groups in total. The smallest absolute Gasteiger partial charge is 0.254 e. The number of rotatable bonds is 5. The predicted octanol–water partition coefficient (Wildman–Crippen LogP) is 3.07. The van der Waals surface area contributed by atoms with E-state index >= 15 is 0 Å². The van der Waals surface area contributed by atoms with Crippen LogP contribution in [0.3, 0.4) is 0 Å². The molecule has 3 rings (SSSR count). The number of hydrogen-bond donors (Lipinski definition) is 1. The number of carbonyl (C=O) groups excluding carboxylic acids is 1. The number of piperidine rings is 2. The van der Waals surface area contributed by atoms with Crippen LogP contribution < -0.4 is 5.32 Å². The minimum atomic E-state index is -0.969.